The fourth-order valence-electron chi connectivity index (χ4n) is 5.58. The molecule has 4 rings (SSSR count). The van der Waals surface area contributed by atoms with Gasteiger partial charge in [0, 0.05) is 37.6 Å². The standard InChI is InChI=1S/C21H31ClN4O2S/c1-15-10-20(2,3)13-21(11-15)18(27)26(19(28)23-21)14-25-8-6-24(7-9-25)12-16-4-5-17(22)29-16/h4-5,15H,6-14H2,1-3H3,(H,23,28)/t15-,21+/m1/s1. The predicted octanol–water partition coefficient (Wildman–Crippen LogP) is 3.61. The van der Waals surface area contributed by atoms with E-state index in [1.807, 2.05) is 6.07 Å². The maximum Gasteiger partial charge on any atom is 0.326 e. The summed E-state index contributed by atoms with van der Waals surface area (Å²) in [6.45, 7) is 11.4. The summed E-state index contributed by atoms with van der Waals surface area (Å²) < 4.78 is 0.825. The van der Waals surface area contributed by atoms with Crippen LogP contribution in [-0.2, 0) is 11.3 Å². The lowest BCUT2D eigenvalue weighted by Gasteiger charge is -2.44. The minimum absolute atomic E-state index is 0.0298. The summed E-state index contributed by atoms with van der Waals surface area (Å²) in [6, 6.07) is 3.80. The maximum absolute atomic E-state index is 13.3. The number of carbonyl (C=O) groups excluding carboxylic acids is 2. The molecule has 2 aliphatic heterocycles. The SMILES string of the molecule is C[C@@H]1CC(C)(C)C[C@]2(C1)NC(=O)N(CN1CCN(Cc3ccc(Cl)s3)CC1)C2=O. The summed E-state index contributed by atoms with van der Waals surface area (Å²) in [6.07, 6.45) is 2.56. The lowest BCUT2D eigenvalue weighted by molar-refractivity contribution is -0.136. The summed E-state index contributed by atoms with van der Waals surface area (Å²) in [5, 5.41) is 3.08. The molecule has 1 saturated carbocycles. The first-order chi connectivity index (χ1) is 13.7. The van der Waals surface area contributed by atoms with Gasteiger partial charge in [0.25, 0.3) is 5.91 Å². The highest BCUT2D eigenvalue weighted by Crippen LogP contribution is 2.46. The molecule has 2 saturated heterocycles. The molecule has 1 aromatic rings. The number of thiophene rings is 1. The van der Waals surface area contributed by atoms with E-state index in [-0.39, 0.29) is 17.4 Å². The van der Waals surface area contributed by atoms with Gasteiger partial charge in [0.05, 0.1) is 11.0 Å². The largest absolute Gasteiger partial charge is 0.326 e. The van der Waals surface area contributed by atoms with Crippen LogP contribution in [0.4, 0.5) is 4.79 Å². The Kier molecular flexibility index (Phi) is 5.70. The molecule has 3 heterocycles. The fourth-order valence-corrected chi connectivity index (χ4v) is 6.71. The van der Waals surface area contributed by atoms with Crippen LogP contribution in [0.2, 0.25) is 4.34 Å². The van der Waals surface area contributed by atoms with Crippen molar-refractivity contribution in [2.24, 2.45) is 11.3 Å². The first kappa shape index (κ1) is 21.1. The molecule has 8 heteroatoms. The molecule has 0 bridgehead atoms. The van der Waals surface area contributed by atoms with Crippen LogP contribution >= 0.6 is 22.9 Å². The van der Waals surface area contributed by atoms with Crippen molar-refractivity contribution in [3.8, 4) is 0 Å². The van der Waals surface area contributed by atoms with Crippen LogP contribution in [-0.4, -0.2) is 65.0 Å². The van der Waals surface area contributed by atoms with Crippen LogP contribution in [0.3, 0.4) is 0 Å². The predicted molar refractivity (Wildman–Crippen MR) is 116 cm³/mol. The van der Waals surface area contributed by atoms with Gasteiger partial charge in [-0.1, -0.05) is 32.4 Å². The summed E-state index contributed by atoms with van der Waals surface area (Å²) in [4.78, 5) is 33.3. The topological polar surface area (TPSA) is 55.9 Å². The molecule has 3 aliphatic rings. The second kappa shape index (κ2) is 7.84. The third kappa shape index (κ3) is 4.48. The van der Waals surface area contributed by atoms with E-state index >= 15 is 0 Å². The number of amides is 3. The van der Waals surface area contributed by atoms with E-state index in [1.165, 1.54) is 9.78 Å². The smallest absolute Gasteiger partial charge is 0.323 e. The van der Waals surface area contributed by atoms with Crippen LogP contribution in [0.25, 0.3) is 0 Å². The second-order valence-corrected chi connectivity index (χ2v) is 11.6. The third-order valence-electron chi connectivity index (χ3n) is 6.44. The minimum atomic E-state index is -0.710. The molecule has 2 atom stereocenters. The Morgan fingerprint density at radius 2 is 1.83 bits per heavy atom. The van der Waals surface area contributed by atoms with Gasteiger partial charge in [-0.05, 0) is 42.7 Å². The minimum Gasteiger partial charge on any atom is -0.323 e. The zero-order chi connectivity index (χ0) is 20.8. The van der Waals surface area contributed by atoms with Gasteiger partial charge in [-0.3, -0.25) is 14.6 Å². The van der Waals surface area contributed by atoms with E-state index in [1.54, 1.807) is 11.3 Å². The number of halogens is 1. The van der Waals surface area contributed by atoms with Crippen molar-refractivity contribution in [3.63, 3.8) is 0 Å². The van der Waals surface area contributed by atoms with Crippen LogP contribution < -0.4 is 5.32 Å². The van der Waals surface area contributed by atoms with Crippen LogP contribution in [0, 0.1) is 11.3 Å². The maximum atomic E-state index is 13.3. The summed E-state index contributed by atoms with van der Waals surface area (Å²) in [5.41, 5.74) is -0.647. The Morgan fingerprint density at radius 3 is 2.45 bits per heavy atom. The summed E-state index contributed by atoms with van der Waals surface area (Å²) in [5.74, 6) is 0.398. The van der Waals surface area contributed by atoms with E-state index in [2.05, 4.69) is 42.0 Å². The number of imide groups is 1. The number of piperazine rings is 1. The number of carbonyl (C=O) groups is 2. The quantitative estimate of drug-likeness (QED) is 0.729. The van der Waals surface area contributed by atoms with E-state index in [0.29, 0.717) is 12.6 Å². The molecule has 0 aromatic carbocycles. The number of rotatable bonds is 4. The summed E-state index contributed by atoms with van der Waals surface area (Å²) in [7, 11) is 0. The van der Waals surface area contributed by atoms with E-state index in [4.69, 9.17) is 11.6 Å². The van der Waals surface area contributed by atoms with Crippen molar-refractivity contribution >= 4 is 34.9 Å². The monoisotopic (exact) mass is 438 g/mol. The highest BCUT2D eigenvalue weighted by Gasteiger charge is 2.56. The second-order valence-electron chi connectivity index (χ2n) is 9.84. The Morgan fingerprint density at radius 1 is 1.14 bits per heavy atom. The lowest BCUT2D eigenvalue weighted by atomic mass is 9.64. The van der Waals surface area contributed by atoms with Gasteiger partial charge in [-0.2, -0.15) is 0 Å². The van der Waals surface area contributed by atoms with Gasteiger partial charge in [-0.25, -0.2) is 9.69 Å². The van der Waals surface area contributed by atoms with Crippen LogP contribution in [0.15, 0.2) is 12.1 Å². The van der Waals surface area contributed by atoms with Crippen LogP contribution in [0.1, 0.15) is 44.9 Å². The average Bonchev–Trinajstić information content (AvgIpc) is 3.11. The van der Waals surface area contributed by atoms with E-state index < -0.39 is 5.54 Å². The van der Waals surface area contributed by atoms with Crippen molar-refractivity contribution in [2.45, 2.75) is 52.1 Å². The van der Waals surface area contributed by atoms with Crippen molar-refractivity contribution in [2.75, 3.05) is 32.8 Å². The van der Waals surface area contributed by atoms with Crippen molar-refractivity contribution < 1.29 is 9.59 Å². The van der Waals surface area contributed by atoms with Crippen molar-refractivity contribution in [1.29, 1.82) is 0 Å². The van der Waals surface area contributed by atoms with Gasteiger partial charge in [0.15, 0.2) is 0 Å². The van der Waals surface area contributed by atoms with Crippen molar-refractivity contribution in [1.82, 2.24) is 20.0 Å². The molecule has 6 nitrogen and oxygen atoms in total. The zero-order valence-corrected chi connectivity index (χ0v) is 19.1. The molecular weight excluding hydrogens is 408 g/mol. The number of hydrogen-bond acceptors (Lipinski definition) is 5. The Hall–Kier alpha value is -1.15. The highest BCUT2D eigenvalue weighted by molar-refractivity contribution is 7.16. The molecule has 29 heavy (non-hydrogen) atoms. The molecule has 1 spiro atoms. The van der Waals surface area contributed by atoms with Crippen LogP contribution in [0.5, 0.6) is 0 Å². The molecule has 3 amide bonds. The summed E-state index contributed by atoms with van der Waals surface area (Å²) >= 11 is 7.65. The first-order valence-electron chi connectivity index (χ1n) is 10.5. The van der Waals surface area contributed by atoms with Gasteiger partial charge < -0.3 is 5.32 Å². The Balaban J connectivity index is 1.34. The average molecular weight is 439 g/mol. The molecule has 0 radical (unpaired) electrons. The van der Waals surface area contributed by atoms with Gasteiger partial charge in [0.1, 0.15) is 5.54 Å². The molecule has 1 aromatic heterocycles. The number of urea groups is 1. The Bertz CT molecular complexity index is 789. The number of nitrogens with one attached hydrogen (secondary N) is 1. The molecule has 0 unspecified atom stereocenters. The van der Waals surface area contributed by atoms with E-state index in [9.17, 15) is 9.59 Å². The normalized spacial score (nSPS) is 30.9. The van der Waals surface area contributed by atoms with Gasteiger partial charge in [0.2, 0.25) is 0 Å². The lowest BCUT2D eigenvalue weighted by Crippen LogP contribution is -2.55. The molecular formula is C21H31ClN4O2S. The molecule has 160 valence electrons. The van der Waals surface area contributed by atoms with Gasteiger partial charge >= 0.3 is 6.03 Å². The fraction of sp³-hybridized carbons (Fsp3) is 0.714. The van der Waals surface area contributed by atoms with Crippen molar-refractivity contribution in [3.05, 3.63) is 21.3 Å². The van der Waals surface area contributed by atoms with E-state index in [0.717, 1.165) is 56.3 Å². The Labute approximate surface area is 182 Å². The third-order valence-corrected chi connectivity index (χ3v) is 7.65. The zero-order valence-electron chi connectivity index (χ0n) is 17.5. The molecule has 1 aliphatic carbocycles. The van der Waals surface area contributed by atoms with Gasteiger partial charge in [-0.15, -0.1) is 11.3 Å². The molecule has 3 fully saturated rings. The molecule has 1 N–H and O–H groups in total. The first-order valence-corrected chi connectivity index (χ1v) is 11.7. The number of hydrogen-bond donors (Lipinski definition) is 1. The highest BCUT2D eigenvalue weighted by atomic mass is 35.5. The number of nitrogens with zero attached hydrogens (tertiary/aromatic N) is 3.